The first kappa shape index (κ1) is 15.3. The van der Waals surface area contributed by atoms with Crippen LogP contribution in [0.2, 0.25) is 0 Å². The molecule has 0 radical (unpaired) electrons. The van der Waals surface area contributed by atoms with Gasteiger partial charge in [0, 0.05) is 23.2 Å². The van der Waals surface area contributed by atoms with Crippen LogP contribution in [-0.2, 0) is 11.3 Å². The number of thiophene rings is 1. The van der Waals surface area contributed by atoms with Crippen LogP contribution in [0.4, 0.5) is 5.69 Å². The van der Waals surface area contributed by atoms with Crippen molar-refractivity contribution in [3.8, 4) is 0 Å². The van der Waals surface area contributed by atoms with Gasteiger partial charge in [-0.25, -0.2) is 4.79 Å². The second kappa shape index (κ2) is 7.09. The molecule has 0 atom stereocenters. The summed E-state index contributed by atoms with van der Waals surface area (Å²) in [4.78, 5) is 14.1. The van der Waals surface area contributed by atoms with Crippen LogP contribution in [-0.4, -0.2) is 17.6 Å². The molecule has 3 nitrogen and oxygen atoms in total. The molecule has 0 saturated heterocycles. The SMILES string of the molecule is CCN(Cc1sccc1C=CC(=O)O)c1ccc(C)cc1. The molecule has 0 aliphatic heterocycles. The van der Waals surface area contributed by atoms with Crippen LogP contribution in [0.1, 0.15) is 22.9 Å². The Labute approximate surface area is 129 Å². The lowest BCUT2D eigenvalue weighted by molar-refractivity contribution is -0.131. The highest BCUT2D eigenvalue weighted by Crippen LogP contribution is 2.24. The van der Waals surface area contributed by atoms with Gasteiger partial charge in [-0.3, -0.25) is 0 Å². The second-order valence-electron chi connectivity index (χ2n) is 4.82. The van der Waals surface area contributed by atoms with Gasteiger partial charge in [0.2, 0.25) is 0 Å². The number of carbonyl (C=O) groups is 1. The maximum atomic E-state index is 10.6. The van der Waals surface area contributed by atoms with Crippen LogP contribution in [0.5, 0.6) is 0 Å². The monoisotopic (exact) mass is 301 g/mol. The summed E-state index contributed by atoms with van der Waals surface area (Å²) in [5.74, 6) is -0.918. The molecule has 2 rings (SSSR count). The topological polar surface area (TPSA) is 40.5 Å². The van der Waals surface area contributed by atoms with E-state index >= 15 is 0 Å². The van der Waals surface area contributed by atoms with Gasteiger partial charge in [0.15, 0.2) is 0 Å². The highest BCUT2D eigenvalue weighted by molar-refractivity contribution is 7.10. The average Bonchev–Trinajstić information content (AvgIpc) is 2.91. The van der Waals surface area contributed by atoms with Gasteiger partial charge in [0.05, 0.1) is 6.54 Å². The first-order valence-corrected chi connectivity index (χ1v) is 7.77. The lowest BCUT2D eigenvalue weighted by Crippen LogP contribution is -2.21. The highest BCUT2D eigenvalue weighted by Gasteiger charge is 2.09. The van der Waals surface area contributed by atoms with Crippen LogP contribution in [0.15, 0.2) is 41.8 Å². The number of anilines is 1. The van der Waals surface area contributed by atoms with Crippen LogP contribution < -0.4 is 4.90 Å². The molecule has 0 spiro atoms. The zero-order valence-electron chi connectivity index (χ0n) is 12.2. The van der Waals surface area contributed by atoms with Crippen molar-refractivity contribution in [2.75, 3.05) is 11.4 Å². The van der Waals surface area contributed by atoms with Crippen molar-refractivity contribution in [3.63, 3.8) is 0 Å². The standard InChI is InChI=1S/C17H19NO2S/c1-3-18(15-7-4-13(2)5-8-15)12-16-14(10-11-21-16)6-9-17(19)20/h4-11H,3,12H2,1-2H3,(H,19,20). The van der Waals surface area contributed by atoms with Gasteiger partial charge in [-0.05, 0) is 49.1 Å². The minimum Gasteiger partial charge on any atom is -0.478 e. The van der Waals surface area contributed by atoms with E-state index in [0.29, 0.717) is 0 Å². The highest BCUT2D eigenvalue weighted by atomic mass is 32.1. The van der Waals surface area contributed by atoms with Crippen molar-refractivity contribution in [3.05, 3.63) is 57.8 Å². The Bertz CT molecular complexity index is 628. The largest absolute Gasteiger partial charge is 0.478 e. The summed E-state index contributed by atoms with van der Waals surface area (Å²) in [6.07, 6.45) is 2.85. The third-order valence-electron chi connectivity index (χ3n) is 3.30. The van der Waals surface area contributed by atoms with Crippen molar-refractivity contribution in [1.82, 2.24) is 0 Å². The molecule has 1 N–H and O–H groups in total. The van der Waals surface area contributed by atoms with E-state index in [1.807, 2.05) is 11.4 Å². The van der Waals surface area contributed by atoms with Crippen LogP contribution in [0.25, 0.3) is 6.08 Å². The van der Waals surface area contributed by atoms with E-state index in [1.165, 1.54) is 22.2 Å². The number of aryl methyl sites for hydroxylation is 1. The second-order valence-corrected chi connectivity index (χ2v) is 5.82. The summed E-state index contributed by atoms with van der Waals surface area (Å²) in [5, 5.41) is 10.7. The van der Waals surface area contributed by atoms with Crippen molar-refractivity contribution in [2.24, 2.45) is 0 Å². The number of rotatable bonds is 6. The number of benzene rings is 1. The molecule has 1 aromatic carbocycles. The van der Waals surface area contributed by atoms with E-state index in [-0.39, 0.29) is 0 Å². The van der Waals surface area contributed by atoms with Gasteiger partial charge in [0.1, 0.15) is 0 Å². The zero-order valence-corrected chi connectivity index (χ0v) is 13.1. The number of aliphatic carboxylic acids is 1. The Morgan fingerprint density at radius 1 is 1.29 bits per heavy atom. The molecular weight excluding hydrogens is 282 g/mol. The van der Waals surface area contributed by atoms with Crippen molar-refractivity contribution < 1.29 is 9.90 Å². The maximum absolute atomic E-state index is 10.6. The molecule has 0 unspecified atom stereocenters. The molecule has 2 aromatic rings. The molecule has 110 valence electrons. The van der Waals surface area contributed by atoms with Gasteiger partial charge < -0.3 is 10.0 Å². The number of nitrogens with zero attached hydrogens (tertiary/aromatic N) is 1. The minimum atomic E-state index is -0.918. The van der Waals surface area contributed by atoms with E-state index in [0.717, 1.165) is 18.7 Å². The Morgan fingerprint density at radius 3 is 2.62 bits per heavy atom. The predicted octanol–water partition coefficient (Wildman–Crippen LogP) is 4.18. The third kappa shape index (κ3) is 4.20. The molecule has 21 heavy (non-hydrogen) atoms. The summed E-state index contributed by atoms with van der Waals surface area (Å²) in [6, 6.07) is 10.4. The zero-order chi connectivity index (χ0) is 15.2. The molecule has 1 aromatic heterocycles. The van der Waals surface area contributed by atoms with Crippen LogP contribution in [0.3, 0.4) is 0 Å². The first-order valence-electron chi connectivity index (χ1n) is 6.89. The van der Waals surface area contributed by atoms with Crippen molar-refractivity contribution in [2.45, 2.75) is 20.4 Å². The van der Waals surface area contributed by atoms with Gasteiger partial charge >= 0.3 is 5.97 Å². The van der Waals surface area contributed by atoms with Gasteiger partial charge in [-0.15, -0.1) is 11.3 Å². The molecule has 0 aliphatic rings. The quantitative estimate of drug-likeness (QED) is 0.814. The Hall–Kier alpha value is -2.07. The Morgan fingerprint density at radius 2 is 2.00 bits per heavy atom. The molecular formula is C17H19NO2S. The fourth-order valence-electron chi connectivity index (χ4n) is 2.10. The smallest absolute Gasteiger partial charge is 0.328 e. The van der Waals surface area contributed by atoms with Crippen molar-refractivity contribution >= 4 is 29.1 Å². The lowest BCUT2D eigenvalue weighted by atomic mass is 10.2. The van der Waals surface area contributed by atoms with E-state index in [4.69, 9.17) is 5.11 Å². The Balaban J connectivity index is 2.17. The van der Waals surface area contributed by atoms with Crippen molar-refractivity contribution in [1.29, 1.82) is 0 Å². The molecule has 0 aliphatic carbocycles. The van der Waals surface area contributed by atoms with E-state index in [1.54, 1.807) is 17.4 Å². The number of carboxylic acids is 1. The van der Waals surface area contributed by atoms with Crippen LogP contribution >= 0.6 is 11.3 Å². The van der Waals surface area contributed by atoms with E-state index < -0.39 is 5.97 Å². The number of hydrogen-bond acceptors (Lipinski definition) is 3. The summed E-state index contributed by atoms with van der Waals surface area (Å²) in [7, 11) is 0. The molecule has 0 amide bonds. The van der Waals surface area contributed by atoms with E-state index in [9.17, 15) is 4.79 Å². The van der Waals surface area contributed by atoms with Gasteiger partial charge in [0.25, 0.3) is 0 Å². The molecule has 1 heterocycles. The Kier molecular flexibility index (Phi) is 5.17. The first-order chi connectivity index (χ1) is 10.1. The summed E-state index contributed by atoms with van der Waals surface area (Å²) >= 11 is 1.66. The molecule has 0 saturated carbocycles. The lowest BCUT2D eigenvalue weighted by Gasteiger charge is -2.23. The number of carboxylic acid groups (broad SMARTS) is 1. The normalized spacial score (nSPS) is 11.0. The fourth-order valence-corrected chi connectivity index (χ4v) is 2.98. The van der Waals surface area contributed by atoms with Gasteiger partial charge in [-0.1, -0.05) is 17.7 Å². The maximum Gasteiger partial charge on any atom is 0.328 e. The molecule has 0 fully saturated rings. The predicted molar refractivity (Wildman–Crippen MR) is 88.9 cm³/mol. The van der Waals surface area contributed by atoms with Gasteiger partial charge in [-0.2, -0.15) is 0 Å². The average molecular weight is 301 g/mol. The fraction of sp³-hybridized carbons (Fsp3) is 0.235. The van der Waals surface area contributed by atoms with Crippen LogP contribution in [0, 0.1) is 6.92 Å². The molecule has 0 bridgehead atoms. The number of hydrogen-bond donors (Lipinski definition) is 1. The third-order valence-corrected chi connectivity index (χ3v) is 4.22. The molecule has 4 heteroatoms. The summed E-state index contributed by atoms with van der Waals surface area (Å²) in [6.45, 7) is 5.90. The van der Waals surface area contributed by atoms with E-state index in [2.05, 4.69) is 43.0 Å². The summed E-state index contributed by atoms with van der Waals surface area (Å²) < 4.78 is 0. The summed E-state index contributed by atoms with van der Waals surface area (Å²) in [5.41, 5.74) is 3.41. The minimum absolute atomic E-state index is 0.788.